The van der Waals surface area contributed by atoms with Crippen LogP contribution in [-0.2, 0) is 13.1 Å². The van der Waals surface area contributed by atoms with Crippen molar-refractivity contribution in [3.05, 3.63) is 64.7 Å². The smallest absolute Gasteiger partial charge is 0.171 e. The molecule has 25 heavy (non-hydrogen) atoms. The van der Waals surface area contributed by atoms with Gasteiger partial charge in [0.05, 0.1) is 0 Å². The molecule has 0 fully saturated rings. The van der Waals surface area contributed by atoms with Crippen LogP contribution in [0.25, 0.3) is 0 Å². The number of hydrogen-bond donors (Lipinski definition) is 2. The summed E-state index contributed by atoms with van der Waals surface area (Å²) >= 11 is 5.46. The van der Waals surface area contributed by atoms with E-state index in [0.29, 0.717) is 11.2 Å². The highest BCUT2D eigenvalue weighted by molar-refractivity contribution is 7.80. The predicted molar refractivity (Wildman–Crippen MR) is 112 cm³/mol. The number of benzene rings is 2. The molecule has 0 saturated carbocycles. The Kier molecular flexibility index (Phi) is 6.97. The molecule has 134 valence electrons. The van der Waals surface area contributed by atoms with Gasteiger partial charge in [0, 0.05) is 24.8 Å². The van der Waals surface area contributed by atoms with Crippen LogP contribution in [0, 0.1) is 13.8 Å². The summed E-state index contributed by atoms with van der Waals surface area (Å²) in [5, 5.41) is 7.26. The predicted octanol–water partition coefficient (Wildman–Crippen LogP) is 4.63. The summed E-state index contributed by atoms with van der Waals surface area (Å²) in [6.07, 6.45) is 0. The molecule has 3 nitrogen and oxygen atoms in total. The Bertz CT molecular complexity index is 705. The van der Waals surface area contributed by atoms with Crippen LogP contribution in [0.3, 0.4) is 0 Å². The van der Waals surface area contributed by atoms with E-state index >= 15 is 0 Å². The van der Waals surface area contributed by atoms with Crippen molar-refractivity contribution in [2.24, 2.45) is 0 Å². The summed E-state index contributed by atoms with van der Waals surface area (Å²) in [7, 11) is 2.15. The summed E-state index contributed by atoms with van der Waals surface area (Å²) in [5.74, 6) is 0. The average molecular weight is 356 g/mol. The van der Waals surface area contributed by atoms with Crippen molar-refractivity contribution in [2.45, 2.75) is 46.8 Å². The summed E-state index contributed by atoms with van der Waals surface area (Å²) in [5.41, 5.74) is 6.10. The maximum Gasteiger partial charge on any atom is 0.171 e. The van der Waals surface area contributed by atoms with Crippen LogP contribution in [-0.4, -0.2) is 23.1 Å². The van der Waals surface area contributed by atoms with Gasteiger partial charge in [-0.2, -0.15) is 0 Å². The third kappa shape index (κ3) is 6.15. The molecule has 0 bridgehead atoms. The van der Waals surface area contributed by atoms with Gasteiger partial charge in [-0.1, -0.05) is 30.3 Å². The van der Waals surface area contributed by atoms with Gasteiger partial charge in [-0.3, -0.25) is 4.90 Å². The molecule has 2 rings (SSSR count). The molecule has 0 aliphatic heterocycles. The van der Waals surface area contributed by atoms with Crippen molar-refractivity contribution >= 4 is 23.0 Å². The minimum atomic E-state index is 0.522. The van der Waals surface area contributed by atoms with Crippen molar-refractivity contribution in [1.82, 2.24) is 10.2 Å². The van der Waals surface area contributed by atoms with Gasteiger partial charge in [-0.05, 0) is 81.3 Å². The minimum absolute atomic E-state index is 0.522. The molecule has 0 aliphatic carbocycles. The van der Waals surface area contributed by atoms with Gasteiger partial charge >= 0.3 is 0 Å². The molecular weight excluding hydrogens is 326 g/mol. The first-order valence-electron chi connectivity index (χ1n) is 8.75. The van der Waals surface area contributed by atoms with E-state index in [9.17, 15) is 0 Å². The van der Waals surface area contributed by atoms with E-state index < -0.39 is 0 Å². The number of thiocarbonyl (C=S) groups is 1. The molecule has 2 N–H and O–H groups in total. The Hall–Kier alpha value is -1.91. The second kappa shape index (κ2) is 8.97. The van der Waals surface area contributed by atoms with Gasteiger partial charge in [0.25, 0.3) is 0 Å². The van der Waals surface area contributed by atoms with Gasteiger partial charge in [-0.25, -0.2) is 0 Å². The average Bonchev–Trinajstić information content (AvgIpc) is 2.52. The number of nitrogens with one attached hydrogen (secondary N) is 2. The van der Waals surface area contributed by atoms with Gasteiger partial charge in [0.2, 0.25) is 0 Å². The van der Waals surface area contributed by atoms with Gasteiger partial charge in [0.1, 0.15) is 0 Å². The first-order valence-corrected chi connectivity index (χ1v) is 9.16. The Morgan fingerprint density at radius 1 is 1.04 bits per heavy atom. The van der Waals surface area contributed by atoms with E-state index in [4.69, 9.17) is 12.2 Å². The van der Waals surface area contributed by atoms with E-state index in [1.54, 1.807) is 0 Å². The SMILES string of the molecule is Cc1cc(C)cc(NC(=S)NCc2ccccc2CN(C)C(C)C)c1. The summed E-state index contributed by atoms with van der Waals surface area (Å²) < 4.78 is 0. The Labute approximate surface area is 157 Å². The molecule has 0 heterocycles. The van der Waals surface area contributed by atoms with Crippen LogP contribution < -0.4 is 10.6 Å². The third-order valence-electron chi connectivity index (χ3n) is 4.34. The fourth-order valence-electron chi connectivity index (χ4n) is 2.73. The molecule has 2 aromatic carbocycles. The lowest BCUT2D eigenvalue weighted by Gasteiger charge is -2.23. The first-order chi connectivity index (χ1) is 11.8. The van der Waals surface area contributed by atoms with Crippen molar-refractivity contribution in [2.75, 3.05) is 12.4 Å². The van der Waals surface area contributed by atoms with E-state index in [1.165, 1.54) is 22.3 Å². The topological polar surface area (TPSA) is 27.3 Å². The second-order valence-corrected chi connectivity index (χ2v) is 7.37. The van der Waals surface area contributed by atoms with Crippen LogP contribution in [0.5, 0.6) is 0 Å². The molecule has 0 atom stereocenters. The molecule has 0 amide bonds. The van der Waals surface area contributed by atoms with Crippen molar-refractivity contribution in [3.63, 3.8) is 0 Å². The molecule has 0 unspecified atom stereocenters. The lowest BCUT2D eigenvalue weighted by molar-refractivity contribution is 0.265. The molecule has 4 heteroatoms. The standard InChI is InChI=1S/C21H29N3S/c1-15(2)24(5)14-19-9-7-6-8-18(19)13-22-21(25)23-20-11-16(3)10-17(4)12-20/h6-12,15H,13-14H2,1-5H3,(H2,22,23,25). The minimum Gasteiger partial charge on any atom is -0.358 e. The normalized spacial score (nSPS) is 11.0. The van der Waals surface area contributed by atoms with Crippen LogP contribution >= 0.6 is 12.2 Å². The summed E-state index contributed by atoms with van der Waals surface area (Å²) in [6, 6.07) is 15.4. The zero-order valence-electron chi connectivity index (χ0n) is 15.9. The van der Waals surface area contributed by atoms with Crippen LogP contribution in [0.2, 0.25) is 0 Å². The summed E-state index contributed by atoms with van der Waals surface area (Å²) in [6.45, 7) is 10.3. The largest absolute Gasteiger partial charge is 0.358 e. The van der Waals surface area contributed by atoms with Gasteiger partial charge in [0.15, 0.2) is 5.11 Å². The maximum atomic E-state index is 5.46. The molecule has 0 aliphatic rings. The van der Waals surface area contributed by atoms with Crippen LogP contribution in [0.15, 0.2) is 42.5 Å². The van der Waals surface area contributed by atoms with E-state index in [-0.39, 0.29) is 0 Å². The van der Waals surface area contributed by atoms with Gasteiger partial charge in [-0.15, -0.1) is 0 Å². The highest BCUT2D eigenvalue weighted by Gasteiger charge is 2.08. The summed E-state index contributed by atoms with van der Waals surface area (Å²) in [4.78, 5) is 2.34. The molecular formula is C21H29N3S. The number of hydrogen-bond acceptors (Lipinski definition) is 2. The highest BCUT2D eigenvalue weighted by Crippen LogP contribution is 2.15. The second-order valence-electron chi connectivity index (χ2n) is 6.96. The van der Waals surface area contributed by atoms with Crippen molar-refractivity contribution < 1.29 is 0 Å². The zero-order chi connectivity index (χ0) is 18.4. The Morgan fingerprint density at radius 2 is 1.64 bits per heavy atom. The number of rotatable bonds is 6. The lowest BCUT2D eigenvalue weighted by Crippen LogP contribution is -2.29. The van der Waals surface area contributed by atoms with Crippen molar-refractivity contribution in [3.8, 4) is 0 Å². The van der Waals surface area contributed by atoms with E-state index in [1.807, 2.05) is 0 Å². The number of aryl methyl sites for hydroxylation is 2. The molecule has 0 saturated heterocycles. The Morgan fingerprint density at radius 3 is 2.24 bits per heavy atom. The number of anilines is 1. The van der Waals surface area contributed by atoms with E-state index in [2.05, 4.69) is 92.7 Å². The molecule has 0 radical (unpaired) electrons. The lowest BCUT2D eigenvalue weighted by atomic mass is 10.1. The third-order valence-corrected chi connectivity index (χ3v) is 4.59. The maximum absolute atomic E-state index is 5.46. The molecule has 2 aromatic rings. The van der Waals surface area contributed by atoms with Crippen LogP contribution in [0.1, 0.15) is 36.1 Å². The van der Waals surface area contributed by atoms with Gasteiger partial charge < -0.3 is 10.6 Å². The monoisotopic (exact) mass is 355 g/mol. The quantitative estimate of drug-likeness (QED) is 0.739. The first kappa shape index (κ1) is 19.4. The van der Waals surface area contributed by atoms with Crippen LogP contribution in [0.4, 0.5) is 5.69 Å². The zero-order valence-corrected chi connectivity index (χ0v) is 16.7. The van der Waals surface area contributed by atoms with E-state index in [0.717, 1.165) is 18.8 Å². The highest BCUT2D eigenvalue weighted by atomic mass is 32.1. The fraction of sp³-hybridized carbons (Fsp3) is 0.381. The molecule has 0 spiro atoms. The van der Waals surface area contributed by atoms with Crippen molar-refractivity contribution in [1.29, 1.82) is 0 Å². The Balaban J connectivity index is 1.97. The fourth-order valence-corrected chi connectivity index (χ4v) is 2.92. The molecule has 0 aromatic heterocycles. The number of nitrogens with zero attached hydrogens (tertiary/aromatic N) is 1.